The predicted molar refractivity (Wildman–Crippen MR) is 96.6 cm³/mol. The number of hydrogen-bond acceptors (Lipinski definition) is 6. The van der Waals surface area contributed by atoms with Crippen molar-refractivity contribution in [2.24, 2.45) is 0 Å². The van der Waals surface area contributed by atoms with Gasteiger partial charge in [0.05, 0.1) is 13.2 Å². The lowest BCUT2D eigenvalue weighted by atomic mass is 9.99. The summed E-state index contributed by atoms with van der Waals surface area (Å²) in [7, 11) is -3.71. The van der Waals surface area contributed by atoms with Crippen LogP contribution in [0.5, 0.6) is 11.5 Å². The van der Waals surface area contributed by atoms with E-state index in [0.717, 1.165) is 53.9 Å². The highest BCUT2D eigenvalue weighted by Crippen LogP contribution is 2.43. The standard InChI is InChI=1S/C19H22N2O5S/c1-11-19(12(2)26-20-11)27(22,23)21(14-3-4-14)10-16-15-6-8-24-17(15)9-13-5-7-25-18(13)16/h9,14H,3-8,10H2,1-2H3. The summed E-state index contributed by atoms with van der Waals surface area (Å²) in [6, 6.07) is 2.07. The van der Waals surface area contributed by atoms with Gasteiger partial charge in [0.2, 0.25) is 10.0 Å². The molecule has 27 heavy (non-hydrogen) atoms. The van der Waals surface area contributed by atoms with Gasteiger partial charge in [-0.05, 0) is 32.8 Å². The molecular formula is C19H22N2O5S. The Morgan fingerprint density at radius 1 is 1.19 bits per heavy atom. The van der Waals surface area contributed by atoms with Crippen LogP contribution in [0.4, 0.5) is 0 Å². The van der Waals surface area contributed by atoms with Gasteiger partial charge < -0.3 is 14.0 Å². The summed E-state index contributed by atoms with van der Waals surface area (Å²) >= 11 is 0. The van der Waals surface area contributed by atoms with Gasteiger partial charge in [0.1, 0.15) is 22.1 Å². The second kappa shape index (κ2) is 5.97. The Kier molecular flexibility index (Phi) is 3.77. The molecular weight excluding hydrogens is 368 g/mol. The van der Waals surface area contributed by atoms with E-state index in [1.54, 1.807) is 18.2 Å². The van der Waals surface area contributed by atoms with Crippen molar-refractivity contribution in [3.05, 3.63) is 34.2 Å². The lowest BCUT2D eigenvalue weighted by Gasteiger charge is -2.24. The summed E-state index contributed by atoms with van der Waals surface area (Å²) in [5, 5.41) is 3.84. The van der Waals surface area contributed by atoms with Gasteiger partial charge in [0.15, 0.2) is 5.76 Å². The summed E-state index contributed by atoms with van der Waals surface area (Å²) < 4.78 is 45.4. The van der Waals surface area contributed by atoms with Crippen molar-refractivity contribution in [2.75, 3.05) is 13.2 Å². The van der Waals surface area contributed by atoms with Crippen LogP contribution in [0.15, 0.2) is 15.5 Å². The fraction of sp³-hybridized carbons (Fsp3) is 0.526. The average molecular weight is 390 g/mol. The van der Waals surface area contributed by atoms with E-state index in [9.17, 15) is 8.42 Å². The fourth-order valence-corrected chi connectivity index (χ4v) is 6.09. The molecule has 0 atom stereocenters. The van der Waals surface area contributed by atoms with E-state index in [2.05, 4.69) is 11.2 Å². The number of ether oxygens (including phenoxy) is 2. The predicted octanol–water partition coefficient (Wildman–Crippen LogP) is 2.51. The molecule has 2 aromatic rings. The number of aromatic nitrogens is 1. The highest BCUT2D eigenvalue weighted by Gasteiger charge is 2.42. The third-order valence-electron chi connectivity index (χ3n) is 5.56. The van der Waals surface area contributed by atoms with Crippen LogP contribution in [0.2, 0.25) is 0 Å². The van der Waals surface area contributed by atoms with Gasteiger partial charge in [0.25, 0.3) is 0 Å². The number of aryl methyl sites for hydroxylation is 2. The Balaban J connectivity index is 1.60. The summed E-state index contributed by atoms with van der Waals surface area (Å²) in [5.41, 5.74) is 3.55. The van der Waals surface area contributed by atoms with Crippen molar-refractivity contribution in [1.82, 2.24) is 9.46 Å². The first-order valence-corrected chi connectivity index (χ1v) is 10.8. The van der Waals surface area contributed by atoms with Crippen molar-refractivity contribution in [2.45, 2.75) is 57.0 Å². The van der Waals surface area contributed by atoms with E-state index in [1.165, 1.54) is 0 Å². The molecule has 0 N–H and O–H groups in total. The molecule has 1 aromatic heterocycles. The molecule has 7 nitrogen and oxygen atoms in total. The maximum atomic E-state index is 13.5. The van der Waals surface area contributed by atoms with Crippen LogP contribution >= 0.6 is 0 Å². The lowest BCUT2D eigenvalue weighted by Crippen LogP contribution is -2.33. The molecule has 2 aliphatic heterocycles. The summed E-state index contributed by atoms with van der Waals surface area (Å²) in [6.07, 6.45) is 3.36. The highest BCUT2D eigenvalue weighted by molar-refractivity contribution is 7.89. The molecule has 1 fully saturated rings. The minimum atomic E-state index is -3.71. The first-order valence-electron chi connectivity index (χ1n) is 9.34. The first kappa shape index (κ1) is 17.1. The molecule has 0 saturated heterocycles. The van der Waals surface area contributed by atoms with Gasteiger partial charge >= 0.3 is 0 Å². The Labute approximate surface area is 158 Å². The van der Waals surface area contributed by atoms with E-state index in [0.29, 0.717) is 31.2 Å². The number of fused-ring (bicyclic) bond motifs is 2. The molecule has 1 saturated carbocycles. The molecule has 0 bridgehead atoms. The Bertz CT molecular complexity index is 971. The molecule has 3 aliphatic rings. The van der Waals surface area contributed by atoms with Crippen LogP contribution in [0.1, 0.15) is 41.0 Å². The molecule has 0 spiro atoms. The molecule has 5 rings (SSSR count). The maximum absolute atomic E-state index is 13.5. The second-order valence-electron chi connectivity index (χ2n) is 7.45. The van der Waals surface area contributed by atoms with Crippen molar-refractivity contribution in [1.29, 1.82) is 0 Å². The van der Waals surface area contributed by atoms with Crippen LogP contribution in [-0.4, -0.2) is 37.1 Å². The summed E-state index contributed by atoms with van der Waals surface area (Å²) in [4.78, 5) is 0.191. The summed E-state index contributed by atoms with van der Waals surface area (Å²) in [5.74, 6) is 2.06. The number of hydrogen-bond donors (Lipinski definition) is 0. The number of sulfonamides is 1. The van der Waals surface area contributed by atoms with Crippen LogP contribution in [0.25, 0.3) is 0 Å². The summed E-state index contributed by atoms with van der Waals surface area (Å²) in [6.45, 7) is 4.87. The largest absolute Gasteiger partial charge is 0.493 e. The van der Waals surface area contributed by atoms with Gasteiger partial charge in [-0.1, -0.05) is 5.16 Å². The van der Waals surface area contributed by atoms with E-state index >= 15 is 0 Å². The SMILES string of the molecule is Cc1noc(C)c1S(=O)(=O)N(Cc1c2c(cc3c1OCC3)OCC2)C1CC1. The molecule has 0 amide bonds. The zero-order valence-electron chi connectivity index (χ0n) is 15.4. The van der Waals surface area contributed by atoms with Gasteiger partial charge in [-0.25, -0.2) is 8.42 Å². The smallest absolute Gasteiger partial charge is 0.249 e. The number of rotatable bonds is 5. The Morgan fingerprint density at radius 2 is 1.96 bits per heavy atom. The van der Waals surface area contributed by atoms with E-state index < -0.39 is 10.0 Å². The van der Waals surface area contributed by atoms with E-state index in [4.69, 9.17) is 14.0 Å². The van der Waals surface area contributed by atoms with Gasteiger partial charge in [-0.15, -0.1) is 0 Å². The molecule has 8 heteroatoms. The van der Waals surface area contributed by atoms with Gasteiger partial charge in [0, 0.05) is 42.1 Å². The van der Waals surface area contributed by atoms with Crippen LogP contribution in [0, 0.1) is 13.8 Å². The van der Waals surface area contributed by atoms with Gasteiger partial charge in [-0.3, -0.25) is 0 Å². The number of benzene rings is 1. The zero-order valence-corrected chi connectivity index (χ0v) is 16.3. The molecule has 0 unspecified atom stereocenters. The molecule has 144 valence electrons. The minimum absolute atomic E-state index is 0.0129. The third-order valence-corrected chi connectivity index (χ3v) is 7.71. The zero-order chi connectivity index (χ0) is 18.8. The van der Waals surface area contributed by atoms with E-state index in [1.807, 2.05) is 0 Å². The van der Waals surface area contributed by atoms with E-state index in [-0.39, 0.29) is 10.9 Å². The van der Waals surface area contributed by atoms with Crippen molar-refractivity contribution >= 4 is 10.0 Å². The monoisotopic (exact) mass is 390 g/mol. The molecule has 1 aliphatic carbocycles. The van der Waals surface area contributed by atoms with Crippen LogP contribution in [0.3, 0.4) is 0 Å². The first-order chi connectivity index (χ1) is 13.0. The number of nitrogens with zero attached hydrogens (tertiary/aromatic N) is 2. The Hall–Kier alpha value is -2.06. The van der Waals surface area contributed by atoms with Crippen LogP contribution in [-0.2, 0) is 29.4 Å². The topological polar surface area (TPSA) is 81.9 Å². The average Bonchev–Trinajstić information content (AvgIpc) is 3.01. The normalized spacial score (nSPS) is 18.3. The molecule has 3 heterocycles. The molecule has 1 aromatic carbocycles. The second-order valence-corrected chi connectivity index (χ2v) is 9.28. The van der Waals surface area contributed by atoms with Crippen molar-refractivity contribution in [3.63, 3.8) is 0 Å². The van der Waals surface area contributed by atoms with Crippen LogP contribution < -0.4 is 9.47 Å². The lowest BCUT2D eigenvalue weighted by molar-refractivity contribution is 0.341. The minimum Gasteiger partial charge on any atom is -0.493 e. The van der Waals surface area contributed by atoms with Crippen molar-refractivity contribution in [3.8, 4) is 11.5 Å². The third kappa shape index (κ3) is 2.65. The quantitative estimate of drug-likeness (QED) is 0.780. The highest BCUT2D eigenvalue weighted by atomic mass is 32.2. The fourth-order valence-electron chi connectivity index (χ4n) is 4.14. The Morgan fingerprint density at radius 3 is 2.67 bits per heavy atom. The maximum Gasteiger partial charge on any atom is 0.249 e. The molecule has 0 radical (unpaired) electrons. The van der Waals surface area contributed by atoms with Gasteiger partial charge in [-0.2, -0.15) is 4.31 Å². The van der Waals surface area contributed by atoms with Crippen molar-refractivity contribution < 1.29 is 22.4 Å².